The van der Waals surface area contributed by atoms with Crippen LogP contribution in [0.5, 0.6) is 5.75 Å². The average Bonchev–Trinajstić information content (AvgIpc) is 2.66. The molecule has 2 N–H and O–H groups in total. The van der Waals surface area contributed by atoms with Crippen molar-refractivity contribution in [3.05, 3.63) is 48.0 Å². The minimum atomic E-state index is -4.00. The Labute approximate surface area is 144 Å². The molecule has 0 saturated carbocycles. The summed E-state index contributed by atoms with van der Waals surface area (Å²) in [5.41, 5.74) is 2.52. The van der Waals surface area contributed by atoms with Gasteiger partial charge in [-0.2, -0.15) is 4.31 Å². The van der Waals surface area contributed by atoms with Gasteiger partial charge in [0, 0.05) is 18.8 Å². The van der Waals surface area contributed by atoms with Gasteiger partial charge in [0.1, 0.15) is 11.8 Å². The van der Waals surface area contributed by atoms with Gasteiger partial charge in [0.05, 0.1) is 29.9 Å². The van der Waals surface area contributed by atoms with Crippen LogP contribution >= 0.6 is 0 Å². The van der Waals surface area contributed by atoms with Gasteiger partial charge in [-0.1, -0.05) is 0 Å². The first-order valence-corrected chi connectivity index (χ1v) is 8.80. The number of aromatic nitrogens is 2. The lowest BCUT2D eigenvalue weighted by molar-refractivity contribution is -0.133. The number of fused-ring (bicyclic) bond motifs is 1. The fourth-order valence-corrected chi connectivity index (χ4v) is 4.22. The van der Waals surface area contributed by atoms with Gasteiger partial charge in [0.2, 0.25) is 10.0 Å². The SMILES string of the molecule is COc1ccc(S(=O)(=O)N2Cc3nccnc3C[C@@H]2C(=O)NO)cc1. The Balaban J connectivity index is 2.03. The van der Waals surface area contributed by atoms with Gasteiger partial charge >= 0.3 is 0 Å². The van der Waals surface area contributed by atoms with Crippen molar-refractivity contribution >= 4 is 15.9 Å². The monoisotopic (exact) mass is 364 g/mol. The highest BCUT2D eigenvalue weighted by Crippen LogP contribution is 2.28. The number of methoxy groups -OCH3 is 1. The summed E-state index contributed by atoms with van der Waals surface area (Å²) in [7, 11) is -2.52. The van der Waals surface area contributed by atoms with Gasteiger partial charge in [-0.3, -0.25) is 20.0 Å². The highest BCUT2D eigenvalue weighted by atomic mass is 32.2. The molecule has 1 aromatic heterocycles. The largest absolute Gasteiger partial charge is 0.497 e. The predicted octanol–water partition coefficient (Wildman–Crippen LogP) is 0.106. The molecule has 1 aliphatic heterocycles. The molecule has 2 aromatic rings. The second-order valence-corrected chi connectivity index (χ2v) is 7.26. The van der Waals surface area contributed by atoms with Gasteiger partial charge < -0.3 is 4.74 Å². The molecule has 25 heavy (non-hydrogen) atoms. The van der Waals surface area contributed by atoms with Gasteiger partial charge in [-0.15, -0.1) is 0 Å². The van der Waals surface area contributed by atoms with Crippen LogP contribution < -0.4 is 10.2 Å². The Morgan fingerprint density at radius 3 is 2.48 bits per heavy atom. The summed E-state index contributed by atoms with van der Waals surface area (Å²) in [5.74, 6) is -0.313. The van der Waals surface area contributed by atoms with Gasteiger partial charge in [-0.05, 0) is 24.3 Å². The van der Waals surface area contributed by atoms with Crippen molar-refractivity contribution in [1.82, 2.24) is 19.8 Å². The molecule has 1 atom stereocenters. The van der Waals surface area contributed by atoms with Crippen LogP contribution in [0.15, 0.2) is 41.6 Å². The summed E-state index contributed by atoms with van der Waals surface area (Å²) in [5, 5.41) is 8.98. The molecular formula is C15H16N4O5S. The number of amides is 1. The number of benzene rings is 1. The van der Waals surface area contributed by atoms with E-state index < -0.39 is 22.0 Å². The van der Waals surface area contributed by atoms with Crippen LogP contribution in [0.25, 0.3) is 0 Å². The maximum atomic E-state index is 13.0. The maximum absolute atomic E-state index is 13.0. The number of hydrogen-bond acceptors (Lipinski definition) is 7. The molecule has 0 aliphatic carbocycles. The Morgan fingerprint density at radius 2 is 1.88 bits per heavy atom. The molecule has 1 amide bonds. The van der Waals surface area contributed by atoms with Crippen molar-refractivity contribution in [2.24, 2.45) is 0 Å². The summed E-state index contributed by atoms with van der Waals surface area (Å²) in [6, 6.07) is 4.71. The third kappa shape index (κ3) is 3.18. The Kier molecular flexibility index (Phi) is 4.66. The number of carbonyl (C=O) groups excluding carboxylic acids is 1. The molecule has 0 unspecified atom stereocenters. The van der Waals surface area contributed by atoms with E-state index in [-0.39, 0.29) is 17.9 Å². The van der Waals surface area contributed by atoms with E-state index in [9.17, 15) is 13.2 Å². The van der Waals surface area contributed by atoms with Crippen LogP contribution in [0.2, 0.25) is 0 Å². The molecule has 10 heteroatoms. The Morgan fingerprint density at radius 1 is 1.24 bits per heavy atom. The third-order valence-corrected chi connectivity index (χ3v) is 5.85. The Bertz CT molecular complexity index is 885. The van der Waals surface area contributed by atoms with Crippen molar-refractivity contribution in [2.45, 2.75) is 23.9 Å². The summed E-state index contributed by atoms with van der Waals surface area (Å²) in [4.78, 5) is 20.3. The minimum Gasteiger partial charge on any atom is -0.497 e. The van der Waals surface area contributed by atoms with Crippen molar-refractivity contribution in [3.63, 3.8) is 0 Å². The number of ether oxygens (including phenoxy) is 1. The zero-order valence-corrected chi connectivity index (χ0v) is 14.1. The molecule has 0 saturated heterocycles. The van der Waals surface area contributed by atoms with Crippen molar-refractivity contribution in [3.8, 4) is 5.75 Å². The Hall–Kier alpha value is -2.56. The molecule has 0 fully saturated rings. The van der Waals surface area contributed by atoms with Gasteiger partial charge in [0.15, 0.2) is 0 Å². The van der Waals surface area contributed by atoms with E-state index in [0.717, 1.165) is 4.31 Å². The quantitative estimate of drug-likeness (QED) is 0.583. The average molecular weight is 364 g/mol. The fraction of sp³-hybridized carbons (Fsp3) is 0.267. The molecule has 0 bridgehead atoms. The fourth-order valence-electron chi connectivity index (χ4n) is 2.67. The first-order chi connectivity index (χ1) is 12.0. The molecule has 9 nitrogen and oxygen atoms in total. The van der Waals surface area contributed by atoms with E-state index >= 15 is 0 Å². The lowest BCUT2D eigenvalue weighted by Crippen LogP contribution is -2.52. The van der Waals surface area contributed by atoms with Crippen molar-refractivity contribution < 1.29 is 23.2 Å². The number of rotatable bonds is 4. The smallest absolute Gasteiger partial charge is 0.262 e. The number of carbonyl (C=O) groups is 1. The summed E-state index contributed by atoms with van der Waals surface area (Å²) in [6.07, 6.45) is 2.95. The van der Waals surface area contributed by atoms with Crippen LogP contribution in [0.4, 0.5) is 0 Å². The van der Waals surface area contributed by atoms with E-state index in [4.69, 9.17) is 9.94 Å². The second kappa shape index (κ2) is 6.75. The van der Waals surface area contributed by atoms with E-state index in [1.165, 1.54) is 49.2 Å². The maximum Gasteiger partial charge on any atom is 0.262 e. The van der Waals surface area contributed by atoms with E-state index in [1.54, 1.807) is 0 Å². The molecule has 3 rings (SSSR count). The van der Waals surface area contributed by atoms with Crippen LogP contribution in [0.1, 0.15) is 11.4 Å². The summed E-state index contributed by atoms with van der Waals surface area (Å²) >= 11 is 0. The number of nitrogens with zero attached hydrogens (tertiary/aromatic N) is 3. The molecule has 0 spiro atoms. The van der Waals surface area contributed by atoms with Crippen molar-refractivity contribution in [1.29, 1.82) is 0 Å². The number of hydrogen-bond donors (Lipinski definition) is 2. The topological polar surface area (TPSA) is 122 Å². The number of hydroxylamine groups is 1. The third-order valence-electron chi connectivity index (χ3n) is 3.98. The van der Waals surface area contributed by atoms with E-state index in [1.807, 2.05) is 0 Å². The standard InChI is InChI=1S/C15H16N4O5S/c1-24-10-2-4-11(5-3-10)25(22,23)19-9-13-12(16-6-7-17-13)8-14(19)15(20)18-21/h2-7,14,21H,8-9H2,1H3,(H,18,20)/t14-/m1/s1. The first kappa shape index (κ1) is 17.3. The van der Waals surface area contributed by atoms with Crippen LogP contribution in [-0.4, -0.2) is 47.0 Å². The van der Waals surface area contributed by atoms with Crippen LogP contribution in [0.3, 0.4) is 0 Å². The highest BCUT2D eigenvalue weighted by Gasteiger charge is 2.40. The lowest BCUT2D eigenvalue weighted by Gasteiger charge is -2.33. The van der Waals surface area contributed by atoms with Gasteiger partial charge in [-0.25, -0.2) is 13.9 Å². The molecule has 1 aromatic carbocycles. The predicted molar refractivity (Wildman–Crippen MR) is 85.2 cm³/mol. The summed E-state index contributed by atoms with van der Waals surface area (Å²) in [6.45, 7) is -0.115. The van der Waals surface area contributed by atoms with E-state index in [0.29, 0.717) is 17.1 Å². The van der Waals surface area contributed by atoms with E-state index in [2.05, 4.69) is 9.97 Å². The minimum absolute atomic E-state index is 0.0105. The summed E-state index contributed by atoms with van der Waals surface area (Å²) < 4.78 is 32.0. The molecule has 132 valence electrons. The first-order valence-electron chi connectivity index (χ1n) is 7.36. The van der Waals surface area contributed by atoms with Crippen molar-refractivity contribution in [2.75, 3.05) is 7.11 Å². The second-order valence-electron chi connectivity index (χ2n) is 5.37. The number of nitrogens with one attached hydrogen (secondary N) is 1. The normalized spacial score (nSPS) is 17.6. The molecular weight excluding hydrogens is 348 g/mol. The van der Waals surface area contributed by atoms with Crippen LogP contribution in [-0.2, 0) is 27.8 Å². The number of sulfonamides is 1. The molecule has 0 radical (unpaired) electrons. The lowest BCUT2D eigenvalue weighted by atomic mass is 10.0. The van der Waals surface area contributed by atoms with Gasteiger partial charge in [0.25, 0.3) is 5.91 Å². The highest BCUT2D eigenvalue weighted by molar-refractivity contribution is 7.89. The zero-order chi connectivity index (χ0) is 18.0. The molecule has 2 heterocycles. The zero-order valence-electron chi connectivity index (χ0n) is 13.3. The molecule has 1 aliphatic rings. The van der Waals surface area contributed by atoms with Crippen LogP contribution in [0, 0.1) is 0 Å².